The van der Waals surface area contributed by atoms with E-state index >= 15 is 0 Å². The third-order valence-electron chi connectivity index (χ3n) is 4.71. The van der Waals surface area contributed by atoms with Crippen molar-refractivity contribution in [3.63, 3.8) is 0 Å². The number of pyridine rings is 1. The fraction of sp³-hybridized carbons (Fsp3) is 0.125. The standard InChI is InChI=1S/C24H21NO/c1-17-15-21-5-3-4-6-23(21)25-24(17)20-11-7-18(8-12-20)16-19-9-13-22(26-2)14-10-19/h3-15H,16H2,1-2H3. The molecule has 0 amide bonds. The van der Waals surface area contributed by atoms with Crippen LogP contribution in [0.15, 0.2) is 78.9 Å². The van der Waals surface area contributed by atoms with Gasteiger partial charge >= 0.3 is 0 Å². The number of hydrogen-bond acceptors (Lipinski definition) is 2. The molecule has 4 rings (SSSR count). The molecule has 0 spiro atoms. The highest BCUT2D eigenvalue weighted by molar-refractivity contribution is 5.83. The zero-order valence-electron chi connectivity index (χ0n) is 15.1. The van der Waals surface area contributed by atoms with Crippen LogP contribution >= 0.6 is 0 Å². The Labute approximate surface area is 154 Å². The molecule has 0 aliphatic carbocycles. The number of methoxy groups -OCH3 is 1. The molecule has 0 unspecified atom stereocenters. The summed E-state index contributed by atoms with van der Waals surface area (Å²) in [6.07, 6.45) is 0.911. The molecule has 128 valence electrons. The zero-order valence-corrected chi connectivity index (χ0v) is 15.1. The zero-order chi connectivity index (χ0) is 17.9. The van der Waals surface area contributed by atoms with Gasteiger partial charge in [0.15, 0.2) is 0 Å². The van der Waals surface area contributed by atoms with E-state index in [1.54, 1.807) is 7.11 Å². The number of aromatic nitrogens is 1. The Hall–Kier alpha value is -3.13. The van der Waals surface area contributed by atoms with Gasteiger partial charge in [-0.15, -0.1) is 0 Å². The molecule has 1 heterocycles. The van der Waals surface area contributed by atoms with E-state index in [-0.39, 0.29) is 0 Å². The summed E-state index contributed by atoms with van der Waals surface area (Å²) < 4.78 is 5.22. The molecule has 2 nitrogen and oxygen atoms in total. The first-order chi connectivity index (χ1) is 12.7. The van der Waals surface area contributed by atoms with Crippen LogP contribution in [-0.2, 0) is 6.42 Å². The predicted octanol–water partition coefficient (Wildman–Crippen LogP) is 5.81. The Balaban J connectivity index is 1.60. The number of benzene rings is 3. The monoisotopic (exact) mass is 339 g/mol. The van der Waals surface area contributed by atoms with E-state index in [1.807, 2.05) is 18.2 Å². The van der Waals surface area contributed by atoms with Crippen LogP contribution in [-0.4, -0.2) is 12.1 Å². The fourth-order valence-electron chi connectivity index (χ4n) is 3.27. The second-order valence-electron chi connectivity index (χ2n) is 6.57. The first-order valence-electron chi connectivity index (χ1n) is 8.81. The van der Waals surface area contributed by atoms with Crippen molar-refractivity contribution in [3.05, 3.63) is 95.6 Å². The van der Waals surface area contributed by atoms with Crippen molar-refractivity contribution < 1.29 is 4.74 Å². The predicted molar refractivity (Wildman–Crippen MR) is 108 cm³/mol. The van der Waals surface area contributed by atoms with Gasteiger partial charge < -0.3 is 4.74 Å². The summed E-state index contributed by atoms with van der Waals surface area (Å²) in [6, 6.07) is 27.4. The summed E-state index contributed by atoms with van der Waals surface area (Å²) in [6.45, 7) is 2.13. The minimum absolute atomic E-state index is 0.891. The number of aryl methyl sites for hydroxylation is 1. The molecular weight excluding hydrogens is 318 g/mol. The highest BCUT2D eigenvalue weighted by Gasteiger charge is 2.06. The number of hydrogen-bond donors (Lipinski definition) is 0. The third kappa shape index (κ3) is 3.31. The van der Waals surface area contributed by atoms with E-state index in [0.717, 1.165) is 28.9 Å². The van der Waals surface area contributed by atoms with Gasteiger partial charge in [-0.1, -0.05) is 54.6 Å². The lowest BCUT2D eigenvalue weighted by Crippen LogP contribution is -1.92. The van der Waals surface area contributed by atoms with E-state index in [0.29, 0.717) is 0 Å². The Morgan fingerprint density at radius 2 is 1.46 bits per heavy atom. The maximum Gasteiger partial charge on any atom is 0.118 e. The maximum absolute atomic E-state index is 5.22. The van der Waals surface area contributed by atoms with Crippen molar-refractivity contribution in [1.82, 2.24) is 4.98 Å². The molecule has 0 aliphatic rings. The minimum atomic E-state index is 0.891. The summed E-state index contributed by atoms with van der Waals surface area (Å²) in [5.41, 5.74) is 7.02. The average Bonchev–Trinajstić information content (AvgIpc) is 2.69. The normalized spacial score (nSPS) is 10.8. The molecule has 2 heteroatoms. The topological polar surface area (TPSA) is 22.1 Å². The molecule has 26 heavy (non-hydrogen) atoms. The summed E-state index contributed by atoms with van der Waals surface area (Å²) in [5.74, 6) is 0.891. The van der Waals surface area contributed by atoms with Gasteiger partial charge in [-0.2, -0.15) is 0 Å². The van der Waals surface area contributed by atoms with Crippen molar-refractivity contribution in [3.8, 4) is 17.0 Å². The highest BCUT2D eigenvalue weighted by atomic mass is 16.5. The fourth-order valence-corrected chi connectivity index (χ4v) is 3.27. The number of para-hydroxylation sites is 1. The van der Waals surface area contributed by atoms with Crippen LogP contribution in [0.25, 0.3) is 22.2 Å². The van der Waals surface area contributed by atoms with Gasteiger partial charge in [0.25, 0.3) is 0 Å². The van der Waals surface area contributed by atoms with Gasteiger partial charge in [-0.05, 0) is 54.3 Å². The number of fused-ring (bicyclic) bond motifs is 1. The largest absolute Gasteiger partial charge is 0.497 e. The molecule has 0 saturated carbocycles. The van der Waals surface area contributed by atoms with Crippen molar-refractivity contribution in [2.24, 2.45) is 0 Å². The summed E-state index contributed by atoms with van der Waals surface area (Å²) in [5, 5.41) is 1.19. The van der Waals surface area contributed by atoms with E-state index < -0.39 is 0 Å². The van der Waals surface area contributed by atoms with Crippen LogP contribution in [0.5, 0.6) is 5.75 Å². The van der Waals surface area contributed by atoms with Gasteiger partial charge in [0.05, 0.1) is 18.3 Å². The molecule has 0 fully saturated rings. The van der Waals surface area contributed by atoms with Crippen LogP contribution < -0.4 is 4.74 Å². The van der Waals surface area contributed by atoms with E-state index in [2.05, 4.69) is 67.6 Å². The van der Waals surface area contributed by atoms with E-state index in [9.17, 15) is 0 Å². The number of ether oxygens (including phenoxy) is 1. The first-order valence-corrected chi connectivity index (χ1v) is 8.81. The quantitative estimate of drug-likeness (QED) is 0.468. The SMILES string of the molecule is COc1ccc(Cc2ccc(-c3nc4ccccc4cc3C)cc2)cc1. The van der Waals surface area contributed by atoms with Crippen molar-refractivity contribution in [1.29, 1.82) is 0 Å². The lowest BCUT2D eigenvalue weighted by Gasteiger charge is -2.09. The molecule has 0 bridgehead atoms. The number of rotatable bonds is 4. The Morgan fingerprint density at radius 1 is 0.808 bits per heavy atom. The Morgan fingerprint density at radius 3 is 2.15 bits per heavy atom. The molecule has 0 atom stereocenters. The summed E-state index contributed by atoms with van der Waals surface area (Å²) in [7, 11) is 1.69. The second kappa shape index (κ2) is 7.01. The molecule has 0 N–H and O–H groups in total. The highest BCUT2D eigenvalue weighted by Crippen LogP contribution is 2.26. The molecule has 0 saturated heterocycles. The Kier molecular flexibility index (Phi) is 4.40. The van der Waals surface area contributed by atoms with Crippen LogP contribution in [0, 0.1) is 6.92 Å². The van der Waals surface area contributed by atoms with Crippen LogP contribution in [0.1, 0.15) is 16.7 Å². The van der Waals surface area contributed by atoms with Gasteiger partial charge in [0.2, 0.25) is 0 Å². The van der Waals surface area contributed by atoms with Crippen molar-refractivity contribution >= 4 is 10.9 Å². The van der Waals surface area contributed by atoms with Crippen LogP contribution in [0.4, 0.5) is 0 Å². The maximum atomic E-state index is 5.22. The second-order valence-corrected chi connectivity index (χ2v) is 6.57. The van der Waals surface area contributed by atoms with Crippen molar-refractivity contribution in [2.45, 2.75) is 13.3 Å². The van der Waals surface area contributed by atoms with E-state index in [4.69, 9.17) is 9.72 Å². The van der Waals surface area contributed by atoms with Crippen LogP contribution in [0.3, 0.4) is 0 Å². The van der Waals surface area contributed by atoms with Gasteiger partial charge in [-0.25, -0.2) is 4.98 Å². The first kappa shape index (κ1) is 16.3. The molecule has 4 aromatic rings. The Bertz CT molecular complexity index is 1030. The minimum Gasteiger partial charge on any atom is -0.497 e. The third-order valence-corrected chi connectivity index (χ3v) is 4.71. The van der Waals surface area contributed by atoms with Gasteiger partial charge in [0, 0.05) is 10.9 Å². The van der Waals surface area contributed by atoms with Crippen LogP contribution in [0.2, 0.25) is 0 Å². The number of nitrogens with zero attached hydrogens (tertiary/aromatic N) is 1. The van der Waals surface area contributed by atoms with Crippen molar-refractivity contribution in [2.75, 3.05) is 7.11 Å². The lowest BCUT2D eigenvalue weighted by atomic mass is 10.00. The van der Waals surface area contributed by atoms with Gasteiger partial charge in [0.1, 0.15) is 5.75 Å². The lowest BCUT2D eigenvalue weighted by molar-refractivity contribution is 0.414. The molecule has 1 aromatic heterocycles. The average molecular weight is 339 g/mol. The van der Waals surface area contributed by atoms with E-state index in [1.165, 1.54) is 22.1 Å². The molecule has 0 radical (unpaired) electrons. The summed E-state index contributed by atoms with van der Waals surface area (Å²) in [4.78, 5) is 4.86. The molecule has 0 aliphatic heterocycles. The summed E-state index contributed by atoms with van der Waals surface area (Å²) >= 11 is 0. The molecule has 3 aromatic carbocycles. The molecular formula is C24H21NO. The van der Waals surface area contributed by atoms with Gasteiger partial charge in [-0.3, -0.25) is 0 Å². The smallest absolute Gasteiger partial charge is 0.118 e.